The first-order valence-electron chi connectivity index (χ1n) is 8.70. The largest absolute Gasteiger partial charge is 0.489 e. The normalized spacial score (nSPS) is 10.5. The van der Waals surface area contributed by atoms with Gasteiger partial charge in [-0.15, -0.1) is 5.10 Å². The van der Waals surface area contributed by atoms with Crippen LogP contribution >= 0.6 is 0 Å². The van der Waals surface area contributed by atoms with Gasteiger partial charge in [-0.05, 0) is 48.4 Å². The average molecular weight is 389 g/mol. The van der Waals surface area contributed by atoms with E-state index in [0.29, 0.717) is 22.6 Å². The number of nitrogens with one attached hydrogen (secondary N) is 2. The van der Waals surface area contributed by atoms with E-state index in [1.54, 1.807) is 6.07 Å². The minimum Gasteiger partial charge on any atom is -0.489 e. The van der Waals surface area contributed by atoms with Crippen molar-refractivity contribution in [3.63, 3.8) is 0 Å². The van der Waals surface area contributed by atoms with Crippen molar-refractivity contribution in [1.29, 1.82) is 0 Å². The van der Waals surface area contributed by atoms with Crippen molar-refractivity contribution in [3.8, 4) is 24.2 Å². The minimum absolute atomic E-state index is 0.220. The molecule has 29 heavy (non-hydrogen) atoms. The molecule has 7 nitrogen and oxygen atoms in total. The van der Waals surface area contributed by atoms with Gasteiger partial charge in [0.05, 0.1) is 0 Å². The number of nitrogens with zero attached hydrogens (tertiary/aromatic N) is 3. The molecule has 0 spiro atoms. The van der Waals surface area contributed by atoms with Crippen LogP contribution in [0.3, 0.4) is 0 Å². The van der Waals surface area contributed by atoms with Crippen LogP contribution in [-0.4, -0.2) is 20.2 Å². The number of anilines is 2. The molecule has 0 saturated carbocycles. The molecule has 0 amide bonds. The Morgan fingerprint density at radius 1 is 1.21 bits per heavy atom. The first-order chi connectivity index (χ1) is 14.1. The van der Waals surface area contributed by atoms with Gasteiger partial charge in [0.15, 0.2) is 5.65 Å². The lowest BCUT2D eigenvalue weighted by Gasteiger charge is -2.12. The monoisotopic (exact) mass is 389 g/mol. The van der Waals surface area contributed by atoms with Crippen molar-refractivity contribution >= 4 is 22.5 Å². The molecule has 0 saturated heterocycles. The van der Waals surface area contributed by atoms with Crippen LogP contribution in [0.2, 0.25) is 0 Å². The van der Waals surface area contributed by atoms with E-state index in [9.17, 15) is 4.39 Å². The van der Waals surface area contributed by atoms with Crippen LogP contribution in [0.15, 0.2) is 48.8 Å². The molecule has 2 aromatic heterocycles. The number of aromatic nitrogens is 4. The number of ether oxygens (including phenoxy) is 2. The lowest BCUT2D eigenvalue weighted by Crippen LogP contribution is -1.99. The van der Waals surface area contributed by atoms with Crippen molar-refractivity contribution in [3.05, 3.63) is 65.7 Å². The van der Waals surface area contributed by atoms with E-state index < -0.39 is 0 Å². The van der Waals surface area contributed by atoms with Gasteiger partial charge in [-0.1, -0.05) is 18.6 Å². The van der Waals surface area contributed by atoms with Gasteiger partial charge < -0.3 is 14.8 Å². The number of benzene rings is 2. The molecule has 4 aromatic rings. The Morgan fingerprint density at radius 2 is 2.10 bits per heavy atom. The van der Waals surface area contributed by atoms with E-state index in [-0.39, 0.29) is 18.3 Å². The van der Waals surface area contributed by atoms with Crippen LogP contribution in [0.25, 0.3) is 11.0 Å². The number of aryl methyl sites for hydroxylation is 1. The quantitative estimate of drug-likeness (QED) is 0.483. The van der Waals surface area contributed by atoms with Gasteiger partial charge in [-0.25, -0.2) is 14.4 Å². The molecular formula is C21H16FN5O2. The van der Waals surface area contributed by atoms with Crippen molar-refractivity contribution in [2.45, 2.75) is 13.5 Å². The second-order valence-electron chi connectivity index (χ2n) is 6.22. The Balaban J connectivity index is 1.54. The molecule has 144 valence electrons. The number of rotatable bonds is 6. The van der Waals surface area contributed by atoms with Crippen LogP contribution in [0, 0.1) is 25.3 Å². The zero-order chi connectivity index (χ0) is 20.2. The van der Waals surface area contributed by atoms with Gasteiger partial charge in [-0.3, -0.25) is 5.10 Å². The zero-order valence-electron chi connectivity index (χ0n) is 15.4. The van der Waals surface area contributed by atoms with Gasteiger partial charge in [-0.2, -0.15) is 0 Å². The summed E-state index contributed by atoms with van der Waals surface area (Å²) in [6.45, 7) is 2.20. The summed E-state index contributed by atoms with van der Waals surface area (Å²) in [4.78, 5) is 8.37. The van der Waals surface area contributed by atoms with E-state index in [2.05, 4.69) is 31.6 Å². The number of hydrogen-bond acceptors (Lipinski definition) is 6. The summed E-state index contributed by atoms with van der Waals surface area (Å²) >= 11 is 0. The van der Waals surface area contributed by atoms with Crippen LogP contribution in [0.1, 0.15) is 11.1 Å². The maximum absolute atomic E-state index is 13.3. The van der Waals surface area contributed by atoms with E-state index in [1.165, 1.54) is 18.5 Å². The fraction of sp³-hybridized carbons (Fsp3) is 0.0952. The molecule has 0 aliphatic rings. The molecule has 0 aliphatic carbocycles. The molecular weight excluding hydrogens is 373 g/mol. The Hall–Kier alpha value is -4.12. The molecule has 0 bridgehead atoms. The number of aromatic amines is 1. The summed E-state index contributed by atoms with van der Waals surface area (Å²) in [6.07, 6.45) is 8.71. The summed E-state index contributed by atoms with van der Waals surface area (Å²) in [6, 6.07) is 11.9. The van der Waals surface area contributed by atoms with Crippen molar-refractivity contribution in [2.75, 3.05) is 5.32 Å². The average Bonchev–Trinajstić information content (AvgIpc) is 3.12. The molecule has 0 fully saturated rings. The van der Waals surface area contributed by atoms with Crippen molar-refractivity contribution in [1.82, 2.24) is 20.2 Å². The Kier molecular flexibility index (Phi) is 4.95. The molecule has 0 unspecified atom stereocenters. The van der Waals surface area contributed by atoms with Gasteiger partial charge in [0.2, 0.25) is 0 Å². The fourth-order valence-corrected chi connectivity index (χ4v) is 2.87. The Bertz CT molecular complexity index is 1220. The highest BCUT2D eigenvalue weighted by Gasteiger charge is 2.14. The standard InChI is InChI=1S/C21H16FN5O2/c1-3-28-21-18-19(23-12-24-20(18)26-27-21)25-16-7-8-17(13(2)9-16)29-11-14-5-4-6-15(22)10-14/h1,4-10,12H,11H2,2H3,(H2,23,24,25,26,27). The third-order valence-corrected chi connectivity index (χ3v) is 4.20. The second-order valence-corrected chi connectivity index (χ2v) is 6.22. The van der Waals surface area contributed by atoms with Gasteiger partial charge in [0, 0.05) is 5.69 Å². The molecule has 2 N–H and O–H groups in total. The number of halogens is 1. The van der Waals surface area contributed by atoms with E-state index in [1.807, 2.05) is 31.2 Å². The predicted molar refractivity (Wildman–Crippen MR) is 106 cm³/mol. The zero-order valence-corrected chi connectivity index (χ0v) is 15.4. The minimum atomic E-state index is -0.286. The lowest BCUT2D eigenvalue weighted by atomic mass is 10.2. The van der Waals surface area contributed by atoms with E-state index in [4.69, 9.17) is 15.9 Å². The van der Waals surface area contributed by atoms with Gasteiger partial charge >= 0.3 is 0 Å². The third kappa shape index (κ3) is 3.94. The first-order valence-corrected chi connectivity index (χ1v) is 8.70. The Morgan fingerprint density at radius 3 is 2.90 bits per heavy atom. The topological polar surface area (TPSA) is 85.0 Å². The molecule has 8 heteroatoms. The number of terminal acetylenes is 1. The summed E-state index contributed by atoms with van der Waals surface area (Å²) in [5.74, 6) is 1.14. The summed E-state index contributed by atoms with van der Waals surface area (Å²) in [5, 5.41) is 10.5. The van der Waals surface area contributed by atoms with E-state index in [0.717, 1.165) is 16.8 Å². The first kappa shape index (κ1) is 18.3. The lowest BCUT2D eigenvalue weighted by molar-refractivity contribution is 0.303. The number of H-pyrrole nitrogens is 1. The van der Waals surface area contributed by atoms with E-state index >= 15 is 0 Å². The molecule has 0 aliphatic heterocycles. The maximum atomic E-state index is 13.3. The highest BCUT2D eigenvalue weighted by atomic mass is 19.1. The molecule has 2 heterocycles. The summed E-state index contributed by atoms with van der Waals surface area (Å²) in [5.41, 5.74) is 2.95. The summed E-state index contributed by atoms with van der Waals surface area (Å²) < 4.78 is 24.2. The molecule has 0 atom stereocenters. The smallest absolute Gasteiger partial charge is 0.262 e. The van der Waals surface area contributed by atoms with Crippen molar-refractivity contribution in [2.24, 2.45) is 0 Å². The van der Waals surface area contributed by atoms with Gasteiger partial charge in [0.25, 0.3) is 5.88 Å². The Labute approximate surface area is 165 Å². The van der Waals surface area contributed by atoms with Crippen LogP contribution in [0.5, 0.6) is 11.6 Å². The number of fused-ring (bicyclic) bond motifs is 1. The molecule has 0 radical (unpaired) electrons. The highest BCUT2D eigenvalue weighted by molar-refractivity contribution is 5.93. The van der Waals surface area contributed by atoms with Crippen LogP contribution in [-0.2, 0) is 6.61 Å². The third-order valence-electron chi connectivity index (χ3n) is 4.20. The fourth-order valence-electron chi connectivity index (χ4n) is 2.87. The van der Waals surface area contributed by atoms with Crippen LogP contribution in [0.4, 0.5) is 15.9 Å². The SMILES string of the molecule is C#COc1n[nH]c2ncnc(Nc3ccc(OCc4cccc(F)c4)c(C)c3)c12. The molecule has 2 aromatic carbocycles. The van der Waals surface area contributed by atoms with Crippen molar-refractivity contribution < 1.29 is 13.9 Å². The number of hydrogen-bond donors (Lipinski definition) is 2. The summed E-state index contributed by atoms with van der Waals surface area (Å²) in [7, 11) is 0. The predicted octanol–water partition coefficient (Wildman–Crippen LogP) is 4.09. The van der Waals surface area contributed by atoms with Gasteiger partial charge in [0.1, 0.15) is 41.8 Å². The second kappa shape index (κ2) is 7.86. The highest BCUT2D eigenvalue weighted by Crippen LogP contribution is 2.31. The maximum Gasteiger partial charge on any atom is 0.262 e. The van der Waals surface area contributed by atoms with Crippen LogP contribution < -0.4 is 14.8 Å². The molecule has 4 rings (SSSR count).